The van der Waals surface area contributed by atoms with E-state index in [4.69, 9.17) is 0 Å². The van der Waals surface area contributed by atoms with E-state index in [2.05, 4.69) is 32.7 Å². The maximum absolute atomic E-state index is 9.21. The summed E-state index contributed by atoms with van der Waals surface area (Å²) < 4.78 is 0. The average Bonchev–Trinajstić information content (AvgIpc) is 2.08. The van der Waals surface area contributed by atoms with Crippen LogP contribution in [0.2, 0.25) is 0 Å². The largest absolute Gasteiger partial charge is 0.391 e. The van der Waals surface area contributed by atoms with Gasteiger partial charge in [0.1, 0.15) is 0 Å². The molecular formula is C13H27NO. The Labute approximate surface area is 94.8 Å². The quantitative estimate of drug-likeness (QED) is 0.647. The molecule has 0 aromatic heterocycles. The second kappa shape index (κ2) is 7.86. The predicted molar refractivity (Wildman–Crippen MR) is 67.5 cm³/mol. The molecule has 0 amide bonds. The lowest BCUT2D eigenvalue weighted by Crippen LogP contribution is -2.10. The third-order valence-corrected chi connectivity index (χ3v) is 2.23. The lowest BCUT2D eigenvalue weighted by molar-refractivity contribution is 0.204. The smallest absolute Gasteiger partial charge is 0.0707 e. The maximum Gasteiger partial charge on any atom is 0.0707 e. The molecule has 0 aliphatic rings. The van der Waals surface area contributed by atoms with Crippen LogP contribution in [0.4, 0.5) is 0 Å². The van der Waals surface area contributed by atoms with Crippen molar-refractivity contribution in [3.05, 3.63) is 0 Å². The minimum atomic E-state index is -0.314. The summed E-state index contributed by atoms with van der Waals surface area (Å²) in [5.74, 6) is 1.39. The van der Waals surface area contributed by atoms with Crippen LogP contribution in [-0.4, -0.2) is 23.5 Å². The molecule has 1 N–H and O–H groups in total. The van der Waals surface area contributed by atoms with Crippen molar-refractivity contribution >= 4 is 5.71 Å². The van der Waals surface area contributed by atoms with Crippen LogP contribution >= 0.6 is 0 Å². The monoisotopic (exact) mass is 213 g/mol. The van der Waals surface area contributed by atoms with Gasteiger partial charge < -0.3 is 5.11 Å². The zero-order valence-electron chi connectivity index (χ0n) is 11.0. The van der Waals surface area contributed by atoms with E-state index in [-0.39, 0.29) is 6.10 Å². The third-order valence-electron chi connectivity index (χ3n) is 2.23. The van der Waals surface area contributed by atoms with Gasteiger partial charge in [-0.1, -0.05) is 27.7 Å². The summed E-state index contributed by atoms with van der Waals surface area (Å²) in [5.41, 5.74) is 1.28. The highest BCUT2D eigenvalue weighted by Gasteiger charge is 2.05. The highest BCUT2D eigenvalue weighted by atomic mass is 16.3. The summed E-state index contributed by atoms with van der Waals surface area (Å²) in [4.78, 5) is 4.50. The molecule has 0 unspecified atom stereocenters. The second-order valence-corrected chi connectivity index (χ2v) is 5.29. The van der Waals surface area contributed by atoms with E-state index in [1.54, 1.807) is 6.92 Å². The first kappa shape index (κ1) is 14.6. The molecule has 2 heteroatoms. The summed E-state index contributed by atoms with van der Waals surface area (Å²) in [5, 5.41) is 9.21. The fraction of sp³-hybridized carbons (Fsp3) is 0.923. The first-order valence-electron chi connectivity index (χ1n) is 6.12. The van der Waals surface area contributed by atoms with Crippen LogP contribution in [-0.2, 0) is 0 Å². The molecule has 0 aliphatic heterocycles. The lowest BCUT2D eigenvalue weighted by Gasteiger charge is -2.11. The van der Waals surface area contributed by atoms with Crippen molar-refractivity contribution in [2.75, 3.05) is 6.54 Å². The molecule has 0 saturated carbocycles. The molecule has 2 nitrogen and oxygen atoms in total. The number of nitrogens with zero attached hydrogens (tertiary/aromatic N) is 1. The second-order valence-electron chi connectivity index (χ2n) is 5.29. The molecule has 0 spiro atoms. The molecule has 0 heterocycles. The average molecular weight is 213 g/mol. The fourth-order valence-electron chi connectivity index (χ4n) is 1.43. The van der Waals surface area contributed by atoms with Gasteiger partial charge in [0.25, 0.3) is 0 Å². The molecule has 15 heavy (non-hydrogen) atoms. The van der Waals surface area contributed by atoms with Crippen LogP contribution in [0.5, 0.6) is 0 Å². The molecule has 0 aliphatic carbocycles. The van der Waals surface area contributed by atoms with Gasteiger partial charge in [-0.05, 0) is 38.0 Å². The standard InChI is InChI=1S/C13H27NO/c1-10(2)6-7-13(8-11(3)4)14-9-12(5)15/h10-12,15H,6-9H2,1-5H3/t12-/m0/s1. The van der Waals surface area contributed by atoms with E-state index < -0.39 is 0 Å². The van der Waals surface area contributed by atoms with Gasteiger partial charge in [0.15, 0.2) is 0 Å². The van der Waals surface area contributed by atoms with Crippen molar-refractivity contribution in [3.63, 3.8) is 0 Å². The van der Waals surface area contributed by atoms with Crippen molar-refractivity contribution in [2.45, 2.75) is 60.0 Å². The zero-order chi connectivity index (χ0) is 11.8. The minimum absolute atomic E-state index is 0.314. The van der Waals surface area contributed by atoms with E-state index in [0.717, 1.165) is 18.8 Å². The molecule has 0 fully saturated rings. The van der Waals surface area contributed by atoms with Crippen molar-refractivity contribution in [3.8, 4) is 0 Å². The Bertz CT molecular complexity index is 183. The number of rotatable bonds is 7. The Morgan fingerprint density at radius 3 is 2.07 bits per heavy atom. The first-order valence-corrected chi connectivity index (χ1v) is 6.12. The van der Waals surface area contributed by atoms with E-state index in [9.17, 15) is 5.11 Å². The molecule has 0 rings (SSSR count). The molecule has 0 aromatic carbocycles. The Hall–Kier alpha value is -0.370. The topological polar surface area (TPSA) is 32.6 Å². The maximum atomic E-state index is 9.21. The van der Waals surface area contributed by atoms with Gasteiger partial charge in [0.2, 0.25) is 0 Å². The minimum Gasteiger partial charge on any atom is -0.391 e. The van der Waals surface area contributed by atoms with Gasteiger partial charge in [-0.3, -0.25) is 4.99 Å². The van der Waals surface area contributed by atoms with Crippen molar-refractivity contribution < 1.29 is 5.11 Å². The number of aliphatic imine (C=N–C) groups is 1. The normalized spacial score (nSPS) is 15.1. The van der Waals surface area contributed by atoms with Crippen LogP contribution in [0.1, 0.15) is 53.9 Å². The highest BCUT2D eigenvalue weighted by molar-refractivity contribution is 5.84. The SMILES string of the molecule is CC(C)CCC(CC(C)C)=NC[C@H](C)O. The van der Waals surface area contributed by atoms with Gasteiger partial charge >= 0.3 is 0 Å². The van der Waals surface area contributed by atoms with Gasteiger partial charge in [-0.2, -0.15) is 0 Å². The molecule has 0 saturated heterocycles. The van der Waals surface area contributed by atoms with E-state index in [0.29, 0.717) is 12.5 Å². The van der Waals surface area contributed by atoms with Crippen LogP contribution < -0.4 is 0 Å². The Morgan fingerprint density at radius 1 is 1.07 bits per heavy atom. The lowest BCUT2D eigenvalue weighted by atomic mass is 9.99. The van der Waals surface area contributed by atoms with Gasteiger partial charge in [0, 0.05) is 5.71 Å². The van der Waals surface area contributed by atoms with Gasteiger partial charge in [0.05, 0.1) is 12.6 Å². The predicted octanol–water partition coefficient (Wildman–Crippen LogP) is 3.29. The molecular weight excluding hydrogens is 186 g/mol. The van der Waals surface area contributed by atoms with Crippen LogP contribution in [0.15, 0.2) is 4.99 Å². The molecule has 0 bridgehead atoms. The first-order chi connectivity index (χ1) is 6.91. The number of aliphatic hydroxyl groups is 1. The summed E-state index contributed by atoms with van der Waals surface area (Å²) >= 11 is 0. The summed E-state index contributed by atoms with van der Waals surface area (Å²) in [6.07, 6.45) is 3.04. The van der Waals surface area contributed by atoms with E-state index in [1.165, 1.54) is 12.1 Å². The van der Waals surface area contributed by atoms with Crippen molar-refractivity contribution in [1.29, 1.82) is 0 Å². The number of hydrogen-bond donors (Lipinski definition) is 1. The number of aliphatic hydroxyl groups excluding tert-OH is 1. The molecule has 0 radical (unpaired) electrons. The van der Waals surface area contributed by atoms with Crippen LogP contribution in [0, 0.1) is 11.8 Å². The summed E-state index contributed by atoms with van der Waals surface area (Å²) in [6, 6.07) is 0. The van der Waals surface area contributed by atoms with Gasteiger partial charge in [-0.25, -0.2) is 0 Å². The summed E-state index contributed by atoms with van der Waals surface area (Å²) in [7, 11) is 0. The molecule has 1 atom stereocenters. The Balaban J connectivity index is 4.11. The summed E-state index contributed by atoms with van der Waals surface area (Å²) in [6.45, 7) is 11.3. The zero-order valence-corrected chi connectivity index (χ0v) is 11.0. The van der Waals surface area contributed by atoms with Crippen LogP contribution in [0.3, 0.4) is 0 Å². The molecule has 0 aromatic rings. The van der Waals surface area contributed by atoms with E-state index in [1.807, 2.05) is 0 Å². The Kier molecular flexibility index (Phi) is 7.67. The van der Waals surface area contributed by atoms with Crippen LogP contribution in [0.25, 0.3) is 0 Å². The van der Waals surface area contributed by atoms with Gasteiger partial charge in [-0.15, -0.1) is 0 Å². The molecule has 90 valence electrons. The third kappa shape index (κ3) is 9.92. The Morgan fingerprint density at radius 2 is 1.67 bits per heavy atom. The van der Waals surface area contributed by atoms with E-state index >= 15 is 0 Å². The fourth-order valence-corrected chi connectivity index (χ4v) is 1.43. The number of hydrogen-bond acceptors (Lipinski definition) is 2. The highest BCUT2D eigenvalue weighted by Crippen LogP contribution is 2.11. The van der Waals surface area contributed by atoms with Crippen molar-refractivity contribution in [1.82, 2.24) is 0 Å². The van der Waals surface area contributed by atoms with Crippen molar-refractivity contribution in [2.24, 2.45) is 16.8 Å².